The minimum absolute atomic E-state index is 0.141. The number of amides is 1. The number of nitro groups is 1. The molecule has 0 spiro atoms. The van der Waals surface area contributed by atoms with E-state index in [-0.39, 0.29) is 22.7 Å². The van der Waals surface area contributed by atoms with Crippen LogP contribution in [0, 0.1) is 17.0 Å². The van der Waals surface area contributed by atoms with Crippen molar-refractivity contribution in [1.29, 1.82) is 0 Å². The highest BCUT2D eigenvalue weighted by Gasteiger charge is 2.24. The highest BCUT2D eigenvalue weighted by molar-refractivity contribution is 9.10. The van der Waals surface area contributed by atoms with Gasteiger partial charge in [-0.3, -0.25) is 4.79 Å². The fourth-order valence-electron chi connectivity index (χ4n) is 2.39. The SMILES string of the molecule is Cc1c(Br)c([N+](=O)[O-])nn1CC(=O)Nc1ccccc1Sc1ccc(Cl)cc1. The van der Waals surface area contributed by atoms with Gasteiger partial charge in [0.2, 0.25) is 5.91 Å². The maximum atomic E-state index is 12.5. The average Bonchev–Trinajstić information content (AvgIpc) is 2.94. The van der Waals surface area contributed by atoms with E-state index in [1.807, 2.05) is 30.3 Å². The first kappa shape index (κ1) is 20.4. The van der Waals surface area contributed by atoms with Crippen molar-refractivity contribution in [3.8, 4) is 0 Å². The molecule has 28 heavy (non-hydrogen) atoms. The van der Waals surface area contributed by atoms with E-state index in [1.165, 1.54) is 16.4 Å². The quantitative estimate of drug-likeness (QED) is 0.381. The van der Waals surface area contributed by atoms with Gasteiger partial charge in [0.1, 0.15) is 11.0 Å². The summed E-state index contributed by atoms with van der Waals surface area (Å²) in [7, 11) is 0. The number of halogens is 2. The van der Waals surface area contributed by atoms with Crippen molar-refractivity contribution in [1.82, 2.24) is 9.78 Å². The van der Waals surface area contributed by atoms with Crippen molar-refractivity contribution in [2.24, 2.45) is 0 Å². The monoisotopic (exact) mass is 480 g/mol. The van der Waals surface area contributed by atoms with Gasteiger partial charge >= 0.3 is 5.82 Å². The smallest absolute Gasteiger partial charge is 0.358 e. The second kappa shape index (κ2) is 8.76. The lowest BCUT2D eigenvalue weighted by atomic mass is 10.3. The Kier molecular flexibility index (Phi) is 6.38. The zero-order chi connectivity index (χ0) is 20.3. The molecule has 1 aromatic heterocycles. The van der Waals surface area contributed by atoms with Crippen LogP contribution in [0.2, 0.25) is 5.02 Å². The first-order valence-corrected chi connectivity index (χ1v) is 10.0. The summed E-state index contributed by atoms with van der Waals surface area (Å²) in [6.45, 7) is 1.51. The summed E-state index contributed by atoms with van der Waals surface area (Å²) in [5.41, 5.74) is 1.15. The van der Waals surface area contributed by atoms with Crippen LogP contribution in [-0.2, 0) is 11.3 Å². The third kappa shape index (κ3) is 4.73. The van der Waals surface area contributed by atoms with Crippen LogP contribution in [0.5, 0.6) is 0 Å². The van der Waals surface area contributed by atoms with Crippen molar-refractivity contribution in [2.45, 2.75) is 23.3 Å². The van der Waals surface area contributed by atoms with Crippen molar-refractivity contribution >= 4 is 56.7 Å². The van der Waals surface area contributed by atoms with Gasteiger partial charge in [0.15, 0.2) is 0 Å². The molecule has 0 atom stereocenters. The van der Waals surface area contributed by atoms with Crippen LogP contribution in [0.15, 0.2) is 62.8 Å². The lowest BCUT2D eigenvalue weighted by molar-refractivity contribution is -0.390. The molecule has 0 unspecified atom stereocenters. The van der Waals surface area contributed by atoms with Crippen LogP contribution >= 0.6 is 39.3 Å². The van der Waals surface area contributed by atoms with Gasteiger partial charge in [0.25, 0.3) is 0 Å². The largest absolute Gasteiger partial charge is 0.404 e. The summed E-state index contributed by atoms with van der Waals surface area (Å²) in [5, 5.41) is 18.4. The van der Waals surface area contributed by atoms with Crippen LogP contribution < -0.4 is 5.32 Å². The lowest BCUT2D eigenvalue weighted by Crippen LogP contribution is -2.20. The summed E-state index contributed by atoms with van der Waals surface area (Å²) >= 11 is 10.6. The molecule has 0 bridgehead atoms. The second-order valence-corrected chi connectivity index (χ2v) is 8.08. The molecule has 3 aromatic rings. The number of carbonyl (C=O) groups excluding carboxylic acids is 1. The van der Waals surface area contributed by atoms with E-state index in [2.05, 4.69) is 26.3 Å². The van der Waals surface area contributed by atoms with Crippen molar-refractivity contribution in [2.75, 3.05) is 5.32 Å². The molecule has 1 amide bonds. The van der Waals surface area contributed by atoms with Gasteiger partial charge < -0.3 is 15.4 Å². The number of hydrogen-bond donors (Lipinski definition) is 1. The number of anilines is 1. The van der Waals surface area contributed by atoms with E-state index < -0.39 is 4.92 Å². The summed E-state index contributed by atoms with van der Waals surface area (Å²) in [6.07, 6.45) is 0. The maximum Gasteiger partial charge on any atom is 0.404 e. The van der Waals surface area contributed by atoms with Crippen LogP contribution in [-0.4, -0.2) is 20.6 Å². The van der Waals surface area contributed by atoms with Gasteiger partial charge in [-0.2, -0.15) is 4.68 Å². The standard InChI is InChI=1S/C18H14BrClN4O3S/c1-11-17(19)18(24(26)27)22-23(11)10-16(25)21-14-4-2-3-5-15(14)28-13-8-6-12(20)7-9-13/h2-9H,10H2,1H3,(H,21,25). The zero-order valence-electron chi connectivity index (χ0n) is 14.6. The number of benzene rings is 2. The summed E-state index contributed by atoms with van der Waals surface area (Å²) in [4.78, 5) is 24.7. The number of para-hydroxylation sites is 1. The number of hydrogen-bond acceptors (Lipinski definition) is 5. The summed E-state index contributed by atoms with van der Waals surface area (Å²) in [6, 6.07) is 14.8. The van der Waals surface area contributed by atoms with Gasteiger partial charge in [0, 0.05) is 14.8 Å². The minimum atomic E-state index is -0.594. The van der Waals surface area contributed by atoms with E-state index in [1.54, 1.807) is 25.1 Å². The first-order chi connectivity index (χ1) is 13.3. The maximum absolute atomic E-state index is 12.5. The molecule has 2 aromatic carbocycles. The third-order valence-electron chi connectivity index (χ3n) is 3.79. The Morgan fingerprint density at radius 2 is 1.96 bits per heavy atom. The topological polar surface area (TPSA) is 90.1 Å². The van der Waals surface area contributed by atoms with Gasteiger partial charge in [-0.25, -0.2) is 0 Å². The molecular weight excluding hydrogens is 468 g/mol. The normalized spacial score (nSPS) is 10.7. The van der Waals surface area contributed by atoms with Gasteiger partial charge in [0.05, 0.1) is 16.5 Å². The fraction of sp³-hybridized carbons (Fsp3) is 0.111. The minimum Gasteiger partial charge on any atom is -0.358 e. The number of nitrogens with zero attached hydrogens (tertiary/aromatic N) is 3. The molecule has 0 radical (unpaired) electrons. The van der Waals surface area contributed by atoms with Crippen LogP contribution in [0.4, 0.5) is 11.5 Å². The Hall–Kier alpha value is -2.36. The molecule has 3 rings (SSSR count). The molecule has 0 saturated carbocycles. The van der Waals surface area contributed by atoms with Crippen molar-refractivity contribution in [3.05, 3.63) is 73.8 Å². The highest BCUT2D eigenvalue weighted by atomic mass is 79.9. The van der Waals surface area contributed by atoms with E-state index in [0.29, 0.717) is 16.4 Å². The predicted octanol–water partition coefficient (Wildman–Crippen LogP) is 5.31. The molecule has 1 N–H and O–H groups in total. The zero-order valence-corrected chi connectivity index (χ0v) is 17.7. The fourth-order valence-corrected chi connectivity index (χ4v) is 3.85. The van der Waals surface area contributed by atoms with Gasteiger partial charge in [-0.1, -0.05) is 35.5 Å². The summed E-state index contributed by atoms with van der Waals surface area (Å²) < 4.78 is 1.57. The molecule has 10 heteroatoms. The Balaban J connectivity index is 1.75. The molecule has 0 fully saturated rings. The van der Waals surface area contributed by atoms with Gasteiger partial charge in [-0.15, -0.1) is 0 Å². The van der Waals surface area contributed by atoms with E-state index in [9.17, 15) is 14.9 Å². The van der Waals surface area contributed by atoms with E-state index in [0.717, 1.165) is 9.79 Å². The number of carbonyl (C=O) groups is 1. The molecule has 0 aliphatic heterocycles. The molecule has 1 heterocycles. The lowest BCUT2D eigenvalue weighted by Gasteiger charge is -2.10. The first-order valence-electron chi connectivity index (χ1n) is 8.04. The number of nitrogens with one attached hydrogen (secondary N) is 1. The molecule has 7 nitrogen and oxygen atoms in total. The Morgan fingerprint density at radius 3 is 2.61 bits per heavy atom. The third-order valence-corrected chi connectivity index (χ3v) is 6.05. The Bertz CT molecular complexity index is 1040. The molecule has 0 aliphatic rings. The predicted molar refractivity (Wildman–Crippen MR) is 112 cm³/mol. The van der Waals surface area contributed by atoms with E-state index in [4.69, 9.17) is 11.6 Å². The Morgan fingerprint density at radius 1 is 1.29 bits per heavy atom. The Labute approximate surface area is 178 Å². The average molecular weight is 482 g/mol. The van der Waals surface area contributed by atoms with Crippen LogP contribution in [0.25, 0.3) is 0 Å². The van der Waals surface area contributed by atoms with Gasteiger partial charge in [-0.05, 0) is 64.2 Å². The molecule has 0 aliphatic carbocycles. The molecule has 144 valence electrons. The molecular formula is C18H14BrClN4O3S. The van der Waals surface area contributed by atoms with E-state index >= 15 is 0 Å². The number of rotatable bonds is 6. The highest BCUT2D eigenvalue weighted by Crippen LogP contribution is 2.34. The second-order valence-electron chi connectivity index (χ2n) is 5.74. The number of aromatic nitrogens is 2. The van der Waals surface area contributed by atoms with Crippen molar-refractivity contribution < 1.29 is 9.72 Å². The van der Waals surface area contributed by atoms with Crippen molar-refractivity contribution in [3.63, 3.8) is 0 Å². The molecule has 0 saturated heterocycles. The summed E-state index contributed by atoms with van der Waals surface area (Å²) in [5.74, 6) is -0.652. The van der Waals surface area contributed by atoms with Crippen LogP contribution in [0.1, 0.15) is 5.69 Å². The van der Waals surface area contributed by atoms with Crippen LogP contribution in [0.3, 0.4) is 0 Å².